The Morgan fingerprint density at radius 2 is 0.750 bits per heavy atom. The number of pyridine rings is 1. The predicted molar refractivity (Wildman–Crippen MR) is 235 cm³/mol. The van der Waals surface area contributed by atoms with Gasteiger partial charge in [0.15, 0.2) is 0 Å². The maximum atomic E-state index is 5.51. The Morgan fingerprint density at radius 3 is 1.38 bits per heavy atom. The maximum absolute atomic E-state index is 5.51. The molecule has 0 spiro atoms. The molecule has 11 rings (SSSR count). The second kappa shape index (κ2) is 13.1. The Kier molecular flexibility index (Phi) is 7.49. The van der Waals surface area contributed by atoms with Crippen LogP contribution in [0.25, 0.3) is 99.8 Å². The zero-order valence-electron chi connectivity index (χ0n) is 30.5. The molecule has 56 heavy (non-hydrogen) atoms. The average molecular weight is 714 g/mol. The van der Waals surface area contributed by atoms with Gasteiger partial charge in [0.25, 0.3) is 0 Å². The zero-order chi connectivity index (χ0) is 37.0. The van der Waals surface area contributed by atoms with E-state index >= 15 is 0 Å². The monoisotopic (exact) mass is 713 g/mol. The number of rotatable bonds is 6. The zero-order valence-corrected chi connectivity index (χ0v) is 30.5. The van der Waals surface area contributed by atoms with Gasteiger partial charge in [-0.25, -0.2) is 4.98 Å². The smallest absolute Gasteiger partial charge is 0.138 e. The van der Waals surface area contributed by atoms with Crippen LogP contribution in [0.4, 0.5) is 0 Å². The fourth-order valence-electron chi connectivity index (χ4n) is 8.50. The van der Waals surface area contributed by atoms with Gasteiger partial charge >= 0.3 is 0 Å². The van der Waals surface area contributed by atoms with Gasteiger partial charge in [0.05, 0.1) is 27.8 Å². The molecule has 8 aromatic carbocycles. The van der Waals surface area contributed by atoms with Gasteiger partial charge in [0.1, 0.15) is 5.82 Å². The van der Waals surface area contributed by atoms with Gasteiger partial charge in [0, 0.05) is 32.8 Å². The first-order valence-corrected chi connectivity index (χ1v) is 19.1. The van der Waals surface area contributed by atoms with Crippen LogP contribution < -0.4 is 0 Å². The lowest BCUT2D eigenvalue weighted by Gasteiger charge is -2.15. The van der Waals surface area contributed by atoms with Crippen molar-refractivity contribution in [1.29, 1.82) is 0 Å². The van der Waals surface area contributed by atoms with Gasteiger partial charge in [-0.1, -0.05) is 176 Å². The number of hydrogen-bond acceptors (Lipinski definition) is 1. The molecule has 3 heterocycles. The van der Waals surface area contributed by atoms with E-state index in [0.717, 1.165) is 50.4 Å². The van der Waals surface area contributed by atoms with E-state index in [2.05, 4.69) is 221 Å². The van der Waals surface area contributed by atoms with Crippen molar-refractivity contribution in [3.05, 3.63) is 212 Å². The lowest BCUT2D eigenvalue weighted by molar-refractivity contribution is 1.08. The minimum Gasteiger partial charge on any atom is -0.307 e. The van der Waals surface area contributed by atoms with Crippen molar-refractivity contribution < 1.29 is 0 Å². The minimum absolute atomic E-state index is 0.877. The molecule has 0 radical (unpaired) electrons. The number of fused-ring (bicyclic) bond motifs is 7. The molecule has 0 saturated carbocycles. The third kappa shape index (κ3) is 5.25. The highest BCUT2D eigenvalue weighted by Gasteiger charge is 2.22. The van der Waals surface area contributed by atoms with Gasteiger partial charge < -0.3 is 4.57 Å². The Bertz CT molecular complexity index is 3210. The first kappa shape index (κ1) is 32.0. The van der Waals surface area contributed by atoms with E-state index in [9.17, 15) is 0 Å². The Morgan fingerprint density at radius 1 is 0.286 bits per heavy atom. The molecule has 0 saturated heterocycles. The van der Waals surface area contributed by atoms with Gasteiger partial charge in [-0.15, -0.1) is 0 Å². The third-order valence-electron chi connectivity index (χ3n) is 11.1. The van der Waals surface area contributed by atoms with Crippen LogP contribution in [0.5, 0.6) is 0 Å². The quantitative estimate of drug-likeness (QED) is 0.168. The van der Waals surface area contributed by atoms with E-state index in [4.69, 9.17) is 4.98 Å². The van der Waals surface area contributed by atoms with Crippen molar-refractivity contribution in [1.82, 2.24) is 14.1 Å². The number of aromatic nitrogens is 3. The van der Waals surface area contributed by atoms with Crippen LogP contribution in [0.2, 0.25) is 0 Å². The van der Waals surface area contributed by atoms with Crippen LogP contribution in [0.3, 0.4) is 0 Å². The van der Waals surface area contributed by atoms with Gasteiger partial charge in [0.2, 0.25) is 0 Å². The molecule has 262 valence electrons. The van der Waals surface area contributed by atoms with E-state index in [0.29, 0.717) is 0 Å². The number of para-hydroxylation sites is 2. The van der Waals surface area contributed by atoms with Gasteiger partial charge in [-0.3, -0.25) is 4.57 Å². The van der Waals surface area contributed by atoms with Crippen molar-refractivity contribution in [3.63, 3.8) is 0 Å². The average Bonchev–Trinajstić information content (AvgIpc) is 3.80. The second-order valence-corrected chi connectivity index (χ2v) is 14.4. The summed E-state index contributed by atoms with van der Waals surface area (Å²) in [6.07, 6.45) is 0. The molecule has 3 aromatic heterocycles. The molecule has 3 heteroatoms. The van der Waals surface area contributed by atoms with Crippen molar-refractivity contribution >= 4 is 43.6 Å². The lowest BCUT2D eigenvalue weighted by atomic mass is 9.99. The third-order valence-corrected chi connectivity index (χ3v) is 11.1. The highest BCUT2D eigenvalue weighted by Crippen LogP contribution is 2.42. The van der Waals surface area contributed by atoms with Crippen molar-refractivity contribution in [2.75, 3.05) is 0 Å². The summed E-state index contributed by atoms with van der Waals surface area (Å²) in [6.45, 7) is 0. The van der Waals surface area contributed by atoms with E-state index in [1.807, 2.05) is 0 Å². The predicted octanol–water partition coefficient (Wildman–Crippen LogP) is 13.9. The second-order valence-electron chi connectivity index (χ2n) is 14.4. The van der Waals surface area contributed by atoms with Crippen LogP contribution in [-0.4, -0.2) is 14.1 Å². The fraction of sp³-hybridized carbons (Fsp3) is 0. The van der Waals surface area contributed by atoms with Crippen LogP contribution >= 0.6 is 0 Å². The summed E-state index contributed by atoms with van der Waals surface area (Å²) < 4.78 is 4.86. The first-order valence-electron chi connectivity index (χ1n) is 19.1. The standard InChI is InChI=1S/C53H35N3/c1-4-15-36(16-5-1)38-27-29-39(30-28-38)42-34-48(40-19-8-3-9-20-40)54-51(35-42)56-50-26-13-11-24-45(50)47-32-31-46-44-23-10-12-25-49(44)55(52(46)53(47)56)43-22-14-21-41(33-43)37-17-6-2-7-18-37/h1-35H. The number of nitrogens with zero attached hydrogens (tertiary/aromatic N) is 3. The van der Waals surface area contributed by atoms with E-state index in [-0.39, 0.29) is 0 Å². The van der Waals surface area contributed by atoms with E-state index in [1.54, 1.807) is 0 Å². The fourth-order valence-corrected chi connectivity index (χ4v) is 8.50. The molecule has 11 aromatic rings. The molecule has 0 amide bonds. The summed E-state index contributed by atoms with van der Waals surface area (Å²) >= 11 is 0. The van der Waals surface area contributed by atoms with Crippen LogP contribution in [-0.2, 0) is 0 Å². The first-order chi connectivity index (χ1) is 27.8. The van der Waals surface area contributed by atoms with Crippen LogP contribution in [0.1, 0.15) is 0 Å². The highest BCUT2D eigenvalue weighted by molar-refractivity contribution is 6.23. The van der Waals surface area contributed by atoms with Gasteiger partial charge in [-0.2, -0.15) is 0 Å². The van der Waals surface area contributed by atoms with E-state index in [1.165, 1.54) is 49.3 Å². The highest BCUT2D eigenvalue weighted by atomic mass is 15.1. The Balaban J connectivity index is 1.22. The lowest BCUT2D eigenvalue weighted by Crippen LogP contribution is -2.02. The molecule has 0 atom stereocenters. The summed E-state index contributed by atoms with van der Waals surface area (Å²) in [6, 6.07) is 76.2. The molecule has 0 aliphatic carbocycles. The summed E-state index contributed by atoms with van der Waals surface area (Å²) in [4.78, 5) is 5.51. The van der Waals surface area contributed by atoms with Crippen molar-refractivity contribution in [2.24, 2.45) is 0 Å². The molecule has 3 nitrogen and oxygen atoms in total. The molecule has 0 bridgehead atoms. The Hall–Kier alpha value is -7.49. The maximum Gasteiger partial charge on any atom is 0.138 e. The number of benzene rings is 8. The molecule has 0 fully saturated rings. The molecule has 0 unspecified atom stereocenters. The molecule has 0 aliphatic rings. The molecule has 0 N–H and O–H groups in total. The number of hydrogen-bond donors (Lipinski definition) is 0. The van der Waals surface area contributed by atoms with Crippen molar-refractivity contribution in [3.8, 4) is 56.1 Å². The van der Waals surface area contributed by atoms with E-state index < -0.39 is 0 Å². The largest absolute Gasteiger partial charge is 0.307 e. The summed E-state index contributed by atoms with van der Waals surface area (Å²) in [7, 11) is 0. The van der Waals surface area contributed by atoms with Gasteiger partial charge in [-0.05, 0) is 69.8 Å². The SMILES string of the molecule is c1ccc(-c2ccc(-c3cc(-c4ccccc4)nc(-n4c5ccccc5c5ccc6c7ccccc7n(-c7cccc(-c8ccccc8)c7)c6c54)c3)cc2)cc1. The molecule has 0 aliphatic heterocycles. The van der Waals surface area contributed by atoms with Crippen LogP contribution in [0, 0.1) is 0 Å². The summed E-state index contributed by atoms with van der Waals surface area (Å²) in [5.74, 6) is 0.877. The summed E-state index contributed by atoms with van der Waals surface area (Å²) in [5.41, 5.74) is 14.7. The van der Waals surface area contributed by atoms with Crippen LogP contribution in [0.15, 0.2) is 212 Å². The molecular formula is C53H35N3. The molecular weight excluding hydrogens is 679 g/mol. The minimum atomic E-state index is 0.877. The van der Waals surface area contributed by atoms with Crippen molar-refractivity contribution in [2.45, 2.75) is 0 Å². The normalized spacial score (nSPS) is 11.6. The summed E-state index contributed by atoms with van der Waals surface area (Å²) in [5, 5.41) is 4.81. The topological polar surface area (TPSA) is 22.8 Å². The Labute approximate surface area is 325 Å².